The molecule has 20 heavy (non-hydrogen) atoms. The average Bonchev–Trinajstić information content (AvgIpc) is 2.47. The molecule has 0 aromatic heterocycles. The molecule has 6 heteroatoms. The first-order chi connectivity index (χ1) is 9.58. The van der Waals surface area contributed by atoms with Crippen LogP contribution in [0.2, 0.25) is 0 Å². The van der Waals surface area contributed by atoms with Crippen molar-refractivity contribution in [3.8, 4) is 0 Å². The third kappa shape index (κ3) is 3.80. The second-order valence-corrected chi connectivity index (χ2v) is 5.72. The normalized spacial score (nSPS) is 15.0. The molecule has 1 aromatic carbocycles. The fourth-order valence-electron chi connectivity index (χ4n) is 2.13. The standard InChI is InChI=1S/C14H18BrN3O2/c1-17(10-13(19)18-7-5-16-6-8-18)14(20)11-3-2-4-12(15)9-11/h2-4,9,16H,5-8,10H2,1H3. The van der Waals surface area contributed by atoms with E-state index in [-0.39, 0.29) is 18.4 Å². The van der Waals surface area contributed by atoms with E-state index in [1.54, 1.807) is 24.1 Å². The first-order valence-electron chi connectivity index (χ1n) is 6.57. The Morgan fingerprint density at radius 1 is 1.35 bits per heavy atom. The van der Waals surface area contributed by atoms with Crippen LogP contribution in [0.25, 0.3) is 0 Å². The molecule has 0 aliphatic carbocycles. The maximum Gasteiger partial charge on any atom is 0.254 e. The van der Waals surface area contributed by atoms with Gasteiger partial charge in [0.1, 0.15) is 0 Å². The minimum absolute atomic E-state index is 0.00246. The summed E-state index contributed by atoms with van der Waals surface area (Å²) in [6.45, 7) is 3.16. The lowest BCUT2D eigenvalue weighted by Crippen LogP contribution is -2.49. The van der Waals surface area contributed by atoms with Crippen LogP contribution >= 0.6 is 15.9 Å². The molecule has 0 saturated carbocycles. The van der Waals surface area contributed by atoms with Crippen molar-refractivity contribution < 1.29 is 9.59 Å². The Labute approximate surface area is 127 Å². The van der Waals surface area contributed by atoms with E-state index < -0.39 is 0 Å². The quantitative estimate of drug-likeness (QED) is 0.892. The summed E-state index contributed by atoms with van der Waals surface area (Å²) in [7, 11) is 1.66. The van der Waals surface area contributed by atoms with Crippen LogP contribution in [-0.4, -0.2) is 61.4 Å². The number of nitrogens with one attached hydrogen (secondary N) is 1. The molecule has 1 aliphatic rings. The van der Waals surface area contributed by atoms with Gasteiger partial charge in [-0.05, 0) is 18.2 Å². The van der Waals surface area contributed by atoms with Crippen LogP contribution in [0, 0.1) is 0 Å². The monoisotopic (exact) mass is 339 g/mol. The van der Waals surface area contributed by atoms with E-state index in [4.69, 9.17) is 0 Å². The van der Waals surface area contributed by atoms with Gasteiger partial charge in [0.05, 0.1) is 6.54 Å². The fourth-order valence-corrected chi connectivity index (χ4v) is 2.53. The summed E-state index contributed by atoms with van der Waals surface area (Å²) in [6, 6.07) is 7.18. The summed E-state index contributed by atoms with van der Waals surface area (Å²) in [4.78, 5) is 27.6. The number of carbonyl (C=O) groups is 2. The molecule has 0 radical (unpaired) electrons. The first-order valence-corrected chi connectivity index (χ1v) is 7.37. The lowest BCUT2D eigenvalue weighted by Gasteiger charge is -2.29. The SMILES string of the molecule is CN(CC(=O)N1CCNCC1)C(=O)c1cccc(Br)c1. The van der Waals surface area contributed by atoms with E-state index >= 15 is 0 Å². The maximum absolute atomic E-state index is 12.2. The summed E-state index contributed by atoms with van der Waals surface area (Å²) >= 11 is 3.34. The van der Waals surface area contributed by atoms with E-state index in [9.17, 15) is 9.59 Å². The number of carbonyl (C=O) groups excluding carboxylic acids is 2. The topological polar surface area (TPSA) is 52.7 Å². The molecule has 1 aromatic rings. The van der Waals surface area contributed by atoms with Crippen molar-refractivity contribution in [1.82, 2.24) is 15.1 Å². The van der Waals surface area contributed by atoms with Crippen LogP contribution in [0.3, 0.4) is 0 Å². The maximum atomic E-state index is 12.2. The number of hydrogen-bond acceptors (Lipinski definition) is 3. The van der Waals surface area contributed by atoms with Gasteiger partial charge in [0.2, 0.25) is 5.91 Å². The number of rotatable bonds is 3. The Kier molecular flexibility index (Phi) is 5.14. The molecule has 1 saturated heterocycles. The van der Waals surface area contributed by atoms with Crippen LogP contribution in [0.5, 0.6) is 0 Å². The minimum Gasteiger partial charge on any atom is -0.339 e. The van der Waals surface area contributed by atoms with Gasteiger partial charge in [-0.1, -0.05) is 22.0 Å². The van der Waals surface area contributed by atoms with E-state index in [0.29, 0.717) is 18.7 Å². The highest BCUT2D eigenvalue weighted by atomic mass is 79.9. The molecular weight excluding hydrogens is 322 g/mol. The van der Waals surface area contributed by atoms with E-state index in [2.05, 4.69) is 21.2 Å². The lowest BCUT2D eigenvalue weighted by atomic mass is 10.2. The molecule has 1 N–H and O–H groups in total. The number of likely N-dealkylation sites (N-methyl/N-ethyl adjacent to an activating group) is 1. The van der Waals surface area contributed by atoms with Gasteiger partial charge in [-0.25, -0.2) is 0 Å². The smallest absolute Gasteiger partial charge is 0.254 e. The Balaban J connectivity index is 1.95. The molecule has 1 aliphatic heterocycles. The summed E-state index contributed by atoms with van der Waals surface area (Å²) in [5.74, 6) is -0.146. The predicted octanol–water partition coefficient (Wildman–Crippen LogP) is 0.953. The molecule has 5 nitrogen and oxygen atoms in total. The van der Waals surface area contributed by atoms with Gasteiger partial charge >= 0.3 is 0 Å². The number of piperazine rings is 1. The van der Waals surface area contributed by atoms with E-state index in [1.807, 2.05) is 12.1 Å². The van der Waals surface area contributed by atoms with Crippen LogP contribution in [-0.2, 0) is 4.79 Å². The molecule has 2 rings (SSSR count). The largest absolute Gasteiger partial charge is 0.339 e. The highest BCUT2D eigenvalue weighted by Gasteiger charge is 2.20. The number of halogens is 1. The predicted molar refractivity (Wildman–Crippen MR) is 80.6 cm³/mol. The van der Waals surface area contributed by atoms with Gasteiger partial charge in [-0.2, -0.15) is 0 Å². The Bertz CT molecular complexity index is 501. The fraction of sp³-hybridized carbons (Fsp3) is 0.429. The van der Waals surface area contributed by atoms with Crippen LogP contribution in [0.4, 0.5) is 0 Å². The van der Waals surface area contributed by atoms with Gasteiger partial charge in [0, 0.05) is 43.3 Å². The van der Waals surface area contributed by atoms with Gasteiger partial charge in [-0.3, -0.25) is 9.59 Å². The van der Waals surface area contributed by atoms with Crippen molar-refractivity contribution in [2.24, 2.45) is 0 Å². The molecule has 0 unspecified atom stereocenters. The van der Waals surface area contributed by atoms with Gasteiger partial charge in [0.25, 0.3) is 5.91 Å². The molecule has 0 spiro atoms. The van der Waals surface area contributed by atoms with Gasteiger partial charge in [0.15, 0.2) is 0 Å². The molecule has 1 heterocycles. The van der Waals surface area contributed by atoms with Gasteiger partial charge < -0.3 is 15.1 Å². The van der Waals surface area contributed by atoms with Crippen molar-refractivity contribution in [2.75, 3.05) is 39.8 Å². The van der Waals surface area contributed by atoms with Crippen LogP contribution in [0.1, 0.15) is 10.4 Å². The molecule has 108 valence electrons. The first kappa shape index (κ1) is 15.0. The highest BCUT2D eigenvalue weighted by molar-refractivity contribution is 9.10. The highest BCUT2D eigenvalue weighted by Crippen LogP contribution is 2.13. The Morgan fingerprint density at radius 2 is 2.05 bits per heavy atom. The molecule has 2 amide bonds. The minimum atomic E-state index is -0.144. The third-order valence-electron chi connectivity index (χ3n) is 3.26. The zero-order chi connectivity index (χ0) is 14.5. The molecular formula is C14H18BrN3O2. The van der Waals surface area contributed by atoms with Crippen LogP contribution < -0.4 is 5.32 Å². The number of hydrogen-bond donors (Lipinski definition) is 1. The Hall–Kier alpha value is -1.40. The summed E-state index contributed by atoms with van der Waals surface area (Å²) in [5, 5.41) is 3.20. The molecule has 1 fully saturated rings. The second-order valence-electron chi connectivity index (χ2n) is 4.80. The number of amides is 2. The van der Waals surface area contributed by atoms with Crippen molar-refractivity contribution in [1.29, 1.82) is 0 Å². The van der Waals surface area contributed by atoms with Crippen molar-refractivity contribution in [3.05, 3.63) is 34.3 Å². The third-order valence-corrected chi connectivity index (χ3v) is 3.75. The summed E-state index contributed by atoms with van der Waals surface area (Å²) in [5.41, 5.74) is 0.579. The summed E-state index contributed by atoms with van der Waals surface area (Å²) in [6.07, 6.45) is 0. The van der Waals surface area contributed by atoms with E-state index in [0.717, 1.165) is 17.6 Å². The van der Waals surface area contributed by atoms with Gasteiger partial charge in [-0.15, -0.1) is 0 Å². The zero-order valence-corrected chi connectivity index (χ0v) is 13.0. The molecule has 0 bridgehead atoms. The summed E-state index contributed by atoms with van der Waals surface area (Å²) < 4.78 is 0.852. The van der Waals surface area contributed by atoms with Crippen molar-refractivity contribution in [2.45, 2.75) is 0 Å². The molecule has 0 atom stereocenters. The second kappa shape index (κ2) is 6.85. The number of benzene rings is 1. The average molecular weight is 340 g/mol. The Morgan fingerprint density at radius 3 is 2.70 bits per heavy atom. The number of nitrogens with zero attached hydrogens (tertiary/aromatic N) is 2. The van der Waals surface area contributed by atoms with Crippen molar-refractivity contribution in [3.63, 3.8) is 0 Å². The lowest BCUT2D eigenvalue weighted by molar-refractivity contribution is -0.132. The van der Waals surface area contributed by atoms with Crippen molar-refractivity contribution >= 4 is 27.7 Å². The van der Waals surface area contributed by atoms with E-state index in [1.165, 1.54) is 4.90 Å². The van der Waals surface area contributed by atoms with Crippen LogP contribution in [0.15, 0.2) is 28.7 Å². The zero-order valence-electron chi connectivity index (χ0n) is 11.4.